The number of carbonyl (C=O) groups is 1. The van der Waals surface area contributed by atoms with Crippen LogP contribution in [0.3, 0.4) is 0 Å². The molecule has 4 nitrogen and oxygen atoms in total. The maximum atomic E-state index is 13.2. The Bertz CT molecular complexity index is 992. The van der Waals surface area contributed by atoms with Crippen LogP contribution in [0, 0.1) is 17.8 Å². The molecule has 0 radical (unpaired) electrons. The van der Waals surface area contributed by atoms with E-state index in [9.17, 15) is 4.79 Å². The van der Waals surface area contributed by atoms with E-state index in [-0.39, 0.29) is 11.8 Å². The first-order valence-electron chi connectivity index (χ1n) is 8.34. The molecular weight excluding hydrogens is 342 g/mol. The summed E-state index contributed by atoms with van der Waals surface area (Å²) in [6, 6.07) is 16.1. The summed E-state index contributed by atoms with van der Waals surface area (Å²) >= 11 is 1.32. The molecule has 0 saturated heterocycles. The summed E-state index contributed by atoms with van der Waals surface area (Å²) in [6.07, 6.45) is 6.25. The third kappa shape index (κ3) is 2.69. The molecule has 1 heterocycles. The highest BCUT2D eigenvalue weighted by molar-refractivity contribution is 7.13. The summed E-state index contributed by atoms with van der Waals surface area (Å²) in [5.41, 5.74) is 5.20. The van der Waals surface area contributed by atoms with Crippen LogP contribution >= 0.6 is 11.3 Å². The molecule has 1 N–H and O–H groups in total. The minimum atomic E-state index is -0.636. The summed E-state index contributed by atoms with van der Waals surface area (Å²) < 4.78 is 0. The summed E-state index contributed by atoms with van der Waals surface area (Å²) in [6.45, 7) is 2.01. The van der Waals surface area contributed by atoms with Crippen molar-refractivity contribution in [2.75, 3.05) is 5.32 Å². The highest BCUT2D eigenvalue weighted by atomic mass is 32.1. The molecule has 2 aromatic carbocycles. The molecule has 0 unspecified atom stereocenters. The Kier molecular flexibility index (Phi) is 4.06. The van der Waals surface area contributed by atoms with Crippen LogP contribution in [0.1, 0.15) is 35.1 Å². The van der Waals surface area contributed by atoms with E-state index < -0.39 is 5.41 Å². The first kappa shape index (κ1) is 16.5. The number of hydrogen-bond donors (Lipinski definition) is 1. The lowest BCUT2D eigenvalue weighted by atomic mass is 9.73. The van der Waals surface area contributed by atoms with E-state index in [1.54, 1.807) is 5.51 Å². The average molecular weight is 359 g/mol. The van der Waals surface area contributed by atoms with Gasteiger partial charge in [-0.1, -0.05) is 53.7 Å². The van der Waals surface area contributed by atoms with Crippen LogP contribution in [0.25, 0.3) is 0 Å². The van der Waals surface area contributed by atoms with Crippen molar-refractivity contribution in [1.29, 1.82) is 0 Å². The van der Waals surface area contributed by atoms with Crippen molar-refractivity contribution in [1.82, 2.24) is 10.2 Å². The number of fused-ring (bicyclic) bond motifs is 1. The first-order valence-corrected chi connectivity index (χ1v) is 9.22. The van der Waals surface area contributed by atoms with Gasteiger partial charge in [-0.25, -0.2) is 0 Å². The van der Waals surface area contributed by atoms with E-state index in [4.69, 9.17) is 6.42 Å². The van der Waals surface area contributed by atoms with Crippen molar-refractivity contribution in [2.45, 2.75) is 19.3 Å². The molecule has 0 bridgehead atoms. The van der Waals surface area contributed by atoms with E-state index in [0.717, 1.165) is 22.3 Å². The second-order valence-corrected chi connectivity index (χ2v) is 7.53. The Morgan fingerprint density at radius 2 is 2.12 bits per heavy atom. The van der Waals surface area contributed by atoms with E-state index in [1.807, 2.05) is 43.3 Å². The third-order valence-electron chi connectivity index (χ3n) is 5.05. The number of terminal acetylenes is 1. The smallest absolute Gasteiger partial charge is 0.233 e. The van der Waals surface area contributed by atoms with Crippen LogP contribution in [0.5, 0.6) is 0 Å². The fourth-order valence-electron chi connectivity index (χ4n) is 3.83. The second kappa shape index (κ2) is 6.40. The van der Waals surface area contributed by atoms with Crippen molar-refractivity contribution >= 4 is 22.4 Å². The Labute approximate surface area is 156 Å². The fourth-order valence-corrected chi connectivity index (χ4v) is 4.27. The Balaban J connectivity index is 1.81. The number of rotatable bonds is 3. The fraction of sp³-hybridized carbons (Fsp3) is 0.190. The molecule has 0 aliphatic heterocycles. The minimum absolute atomic E-state index is 0.0541. The van der Waals surface area contributed by atoms with Gasteiger partial charge in [-0.3, -0.25) is 4.79 Å². The van der Waals surface area contributed by atoms with E-state index in [1.165, 1.54) is 11.3 Å². The largest absolute Gasteiger partial charge is 0.300 e. The van der Waals surface area contributed by atoms with Crippen molar-refractivity contribution < 1.29 is 4.79 Å². The lowest BCUT2D eigenvalue weighted by Gasteiger charge is -2.30. The van der Waals surface area contributed by atoms with Crippen LogP contribution in [0.2, 0.25) is 0 Å². The number of nitrogens with zero attached hydrogens (tertiary/aromatic N) is 2. The van der Waals surface area contributed by atoms with Gasteiger partial charge in [0, 0.05) is 11.5 Å². The minimum Gasteiger partial charge on any atom is -0.300 e. The van der Waals surface area contributed by atoms with Gasteiger partial charge in [0.05, 0.1) is 5.41 Å². The highest BCUT2D eigenvalue weighted by Crippen LogP contribution is 2.51. The first-order chi connectivity index (χ1) is 12.6. The highest BCUT2D eigenvalue weighted by Gasteiger charge is 2.48. The summed E-state index contributed by atoms with van der Waals surface area (Å²) in [5, 5.41) is 11.2. The number of nitrogens with one attached hydrogen (secondary N) is 1. The van der Waals surface area contributed by atoms with Crippen molar-refractivity contribution in [2.24, 2.45) is 5.41 Å². The molecule has 2 atom stereocenters. The summed E-state index contributed by atoms with van der Waals surface area (Å²) in [5.74, 6) is 2.58. The van der Waals surface area contributed by atoms with Gasteiger partial charge < -0.3 is 5.32 Å². The predicted octanol–water partition coefficient (Wildman–Crippen LogP) is 3.85. The van der Waals surface area contributed by atoms with Gasteiger partial charge in [0.25, 0.3) is 0 Å². The Morgan fingerprint density at radius 3 is 2.81 bits per heavy atom. The van der Waals surface area contributed by atoms with Crippen molar-refractivity contribution in [3.63, 3.8) is 0 Å². The van der Waals surface area contributed by atoms with Crippen LogP contribution in [0.15, 0.2) is 54.0 Å². The zero-order chi connectivity index (χ0) is 18.1. The molecule has 26 heavy (non-hydrogen) atoms. The third-order valence-corrected chi connectivity index (χ3v) is 5.66. The quantitative estimate of drug-likeness (QED) is 0.723. The topological polar surface area (TPSA) is 54.9 Å². The molecule has 4 rings (SSSR count). The molecule has 1 aliphatic carbocycles. The number of hydrogen-bond acceptors (Lipinski definition) is 4. The maximum Gasteiger partial charge on any atom is 0.233 e. The molecule has 1 aromatic heterocycles. The number of carbonyl (C=O) groups excluding carboxylic acids is 1. The lowest BCUT2D eigenvalue weighted by Crippen LogP contribution is -2.37. The molecule has 128 valence electrons. The standard InChI is InChI=1S/C21H17N3OS/c1-3-14-9-10-16-12-21(2,19(25)23-20-24-22-13-26-20)18(17(16)11-14)15-7-5-4-6-8-15/h1,4-11,13,18H,12H2,2H3,(H,23,24,25)/t18-,21+/m0/s1. The normalized spacial score (nSPS) is 21.0. The SMILES string of the molecule is C#Cc1ccc2c(c1)[C@H](c1ccccc1)[C@](C)(C(=O)Nc1nncs1)C2. The molecule has 0 fully saturated rings. The molecular formula is C21H17N3OS. The summed E-state index contributed by atoms with van der Waals surface area (Å²) in [4.78, 5) is 13.2. The zero-order valence-electron chi connectivity index (χ0n) is 14.3. The van der Waals surface area contributed by atoms with E-state index >= 15 is 0 Å². The predicted molar refractivity (Wildman–Crippen MR) is 103 cm³/mol. The van der Waals surface area contributed by atoms with Crippen LogP contribution in [-0.2, 0) is 11.2 Å². The number of anilines is 1. The molecule has 5 heteroatoms. The molecule has 0 saturated carbocycles. The van der Waals surface area contributed by atoms with Crippen molar-refractivity contribution in [3.8, 4) is 12.3 Å². The molecule has 1 amide bonds. The van der Waals surface area contributed by atoms with E-state index in [2.05, 4.69) is 33.6 Å². The van der Waals surface area contributed by atoms with Crippen molar-refractivity contribution in [3.05, 3.63) is 76.3 Å². The van der Waals surface area contributed by atoms with Crippen LogP contribution in [0.4, 0.5) is 5.13 Å². The van der Waals surface area contributed by atoms with Gasteiger partial charge in [0.15, 0.2) is 0 Å². The van der Waals surface area contributed by atoms with Gasteiger partial charge in [-0.15, -0.1) is 16.6 Å². The van der Waals surface area contributed by atoms with Crippen LogP contribution < -0.4 is 5.32 Å². The van der Waals surface area contributed by atoms with Gasteiger partial charge >= 0.3 is 0 Å². The average Bonchev–Trinajstić information content (AvgIpc) is 3.27. The maximum absolute atomic E-state index is 13.2. The molecule has 3 aromatic rings. The monoisotopic (exact) mass is 359 g/mol. The number of aromatic nitrogens is 2. The van der Waals surface area contributed by atoms with Gasteiger partial charge in [-0.05, 0) is 42.2 Å². The number of benzene rings is 2. The lowest BCUT2D eigenvalue weighted by molar-refractivity contribution is -0.125. The summed E-state index contributed by atoms with van der Waals surface area (Å²) in [7, 11) is 0. The zero-order valence-corrected chi connectivity index (χ0v) is 15.1. The van der Waals surface area contributed by atoms with E-state index in [0.29, 0.717) is 11.6 Å². The number of amides is 1. The Morgan fingerprint density at radius 1 is 1.31 bits per heavy atom. The van der Waals surface area contributed by atoms with Gasteiger partial charge in [0.1, 0.15) is 5.51 Å². The molecule has 1 aliphatic rings. The molecule has 0 spiro atoms. The van der Waals surface area contributed by atoms with Crippen LogP contribution in [-0.4, -0.2) is 16.1 Å². The Hall–Kier alpha value is -2.97. The van der Waals surface area contributed by atoms with Gasteiger partial charge in [-0.2, -0.15) is 0 Å². The second-order valence-electron chi connectivity index (χ2n) is 6.69. The van der Waals surface area contributed by atoms with Gasteiger partial charge in [0.2, 0.25) is 11.0 Å².